The van der Waals surface area contributed by atoms with Crippen LogP contribution in [0.4, 0.5) is 0 Å². The van der Waals surface area contributed by atoms with E-state index in [1.54, 1.807) is 11.8 Å². The van der Waals surface area contributed by atoms with E-state index in [2.05, 4.69) is 4.98 Å². The Balaban J connectivity index is 2.16. The van der Waals surface area contributed by atoms with Gasteiger partial charge in [0, 0.05) is 4.90 Å². The first-order chi connectivity index (χ1) is 9.49. The van der Waals surface area contributed by atoms with E-state index >= 15 is 0 Å². The molecule has 0 saturated carbocycles. The zero-order valence-electron chi connectivity index (χ0n) is 11.1. The number of halogens is 1. The lowest BCUT2D eigenvalue weighted by Gasteiger charge is -2.02. The molecule has 1 heterocycles. The zero-order chi connectivity index (χ0) is 14.7. The summed E-state index contributed by atoms with van der Waals surface area (Å²) in [6.45, 7) is 3.90. The summed E-state index contributed by atoms with van der Waals surface area (Å²) >= 11 is 8.91. The van der Waals surface area contributed by atoms with E-state index in [1.165, 1.54) is 11.3 Å². The third kappa shape index (κ3) is 3.53. The summed E-state index contributed by atoms with van der Waals surface area (Å²) < 4.78 is 0. The van der Waals surface area contributed by atoms with Crippen molar-refractivity contribution in [2.45, 2.75) is 30.4 Å². The summed E-state index contributed by atoms with van der Waals surface area (Å²) in [5.41, 5.74) is 0.664. The van der Waals surface area contributed by atoms with E-state index in [0.717, 1.165) is 9.90 Å². The number of carbonyl (C=O) groups is 1. The van der Waals surface area contributed by atoms with E-state index in [4.69, 9.17) is 11.6 Å². The van der Waals surface area contributed by atoms with Crippen molar-refractivity contribution in [3.8, 4) is 0 Å². The first-order valence-electron chi connectivity index (χ1n) is 6.09. The minimum Gasteiger partial charge on any atom is -0.477 e. The molecule has 0 amide bonds. The number of thioether (sulfide) groups is 1. The van der Waals surface area contributed by atoms with Crippen LogP contribution in [0.15, 0.2) is 29.2 Å². The van der Waals surface area contributed by atoms with Crippen LogP contribution < -0.4 is 0 Å². The molecule has 0 saturated heterocycles. The van der Waals surface area contributed by atoms with Crippen molar-refractivity contribution in [3.63, 3.8) is 0 Å². The van der Waals surface area contributed by atoms with Crippen molar-refractivity contribution >= 4 is 40.7 Å². The fraction of sp³-hybridized carbons (Fsp3) is 0.286. The molecule has 3 nitrogen and oxygen atoms in total. The first-order valence-corrected chi connectivity index (χ1v) is 8.27. The first kappa shape index (κ1) is 15.4. The number of carboxylic acids is 1. The molecule has 0 aliphatic rings. The summed E-state index contributed by atoms with van der Waals surface area (Å²) in [7, 11) is 0. The second kappa shape index (κ2) is 6.61. The topological polar surface area (TPSA) is 50.2 Å². The molecule has 1 N–H and O–H groups in total. The normalized spacial score (nSPS) is 11.0. The number of hydrogen-bond acceptors (Lipinski definition) is 4. The Hall–Kier alpha value is -1.04. The van der Waals surface area contributed by atoms with E-state index < -0.39 is 5.97 Å². The highest BCUT2D eigenvalue weighted by molar-refractivity contribution is 7.98. The van der Waals surface area contributed by atoms with Gasteiger partial charge in [-0.15, -0.1) is 23.1 Å². The lowest BCUT2D eigenvalue weighted by atomic mass is 10.1. The van der Waals surface area contributed by atoms with Crippen LogP contribution in [0.3, 0.4) is 0 Å². The summed E-state index contributed by atoms with van der Waals surface area (Å²) in [5.74, 6) is -0.168. The van der Waals surface area contributed by atoms with Gasteiger partial charge < -0.3 is 5.11 Å². The summed E-state index contributed by atoms with van der Waals surface area (Å²) in [4.78, 5) is 17.0. The van der Waals surface area contributed by atoms with Crippen LogP contribution in [0.5, 0.6) is 0 Å². The van der Waals surface area contributed by atoms with Crippen LogP contribution >= 0.6 is 34.7 Å². The minimum atomic E-state index is -0.903. The summed E-state index contributed by atoms with van der Waals surface area (Å²) in [6, 6.07) is 7.60. The van der Waals surface area contributed by atoms with Crippen molar-refractivity contribution in [1.29, 1.82) is 0 Å². The number of aromatic nitrogens is 1. The average molecular weight is 328 g/mol. The van der Waals surface area contributed by atoms with Crippen molar-refractivity contribution < 1.29 is 9.90 Å². The van der Waals surface area contributed by atoms with Gasteiger partial charge in [0.25, 0.3) is 0 Å². The molecule has 0 aliphatic carbocycles. The van der Waals surface area contributed by atoms with Crippen molar-refractivity contribution in [1.82, 2.24) is 4.98 Å². The highest BCUT2D eigenvalue weighted by atomic mass is 35.5. The number of hydrogen-bond donors (Lipinski definition) is 1. The Labute approximate surface area is 131 Å². The SMILES string of the molecule is CC(C)c1nc(CSc2ccccc2Cl)sc1C(=O)O. The number of aromatic carboxylic acids is 1. The molecule has 0 bridgehead atoms. The third-order valence-corrected chi connectivity index (χ3v) is 5.39. The molecule has 0 atom stereocenters. The highest BCUT2D eigenvalue weighted by Crippen LogP contribution is 2.32. The smallest absolute Gasteiger partial charge is 0.347 e. The monoisotopic (exact) mass is 327 g/mol. The van der Waals surface area contributed by atoms with Gasteiger partial charge >= 0.3 is 5.97 Å². The Morgan fingerprint density at radius 3 is 2.70 bits per heavy atom. The Morgan fingerprint density at radius 1 is 1.45 bits per heavy atom. The predicted octanol–water partition coefficient (Wildman–Crippen LogP) is 4.91. The summed E-state index contributed by atoms with van der Waals surface area (Å²) in [5, 5.41) is 10.7. The second-order valence-electron chi connectivity index (χ2n) is 4.50. The second-order valence-corrected chi connectivity index (χ2v) is 7.01. The maximum Gasteiger partial charge on any atom is 0.347 e. The van der Waals surface area contributed by atoms with Gasteiger partial charge in [0.05, 0.1) is 16.5 Å². The molecular weight excluding hydrogens is 314 g/mol. The van der Waals surface area contributed by atoms with Crippen LogP contribution in [-0.2, 0) is 5.75 Å². The molecule has 0 radical (unpaired) electrons. The van der Waals surface area contributed by atoms with E-state index in [1.807, 2.05) is 38.1 Å². The van der Waals surface area contributed by atoms with E-state index in [-0.39, 0.29) is 5.92 Å². The molecule has 1 aromatic carbocycles. The number of carboxylic acid groups (broad SMARTS) is 1. The summed E-state index contributed by atoms with van der Waals surface area (Å²) in [6.07, 6.45) is 0. The van der Waals surface area contributed by atoms with Gasteiger partial charge in [-0.25, -0.2) is 9.78 Å². The maximum absolute atomic E-state index is 11.2. The quantitative estimate of drug-likeness (QED) is 0.793. The Morgan fingerprint density at radius 2 is 2.15 bits per heavy atom. The Bertz CT molecular complexity index is 625. The van der Waals surface area contributed by atoms with Crippen LogP contribution in [0.2, 0.25) is 5.02 Å². The number of rotatable bonds is 5. The minimum absolute atomic E-state index is 0.108. The van der Waals surface area contributed by atoms with Crippen LogP contribution in [0.1, 0.15) is 40.1 Å². The van der Waals surface area contributed by atoms with Gasteiger partial charge in [-0.1, -0.05) is 37.6 Å². The van der Waals surface area contributed by atoms with Crippen LogP contribution in [0, 0.1) is 0 Å². The standard InChI is InChI=1S/C14H14ClNO2S2/c1-8(2)12-13(14(17)18)20-11(16-12)7-19-10-6-4-3-5-9(10)15/h3-6,8H,7H2,1-2H3,(H,17,18). The number of benzene rings is 1. The van der Waals surface area contributed by atoms with Gasteiger partial charge in [0.15, 0.2) is 0 Å². The molecule has 1 aromatic heterocycles. The zero-order valence-corrected chi connectivity index (χ0v) is 13.5. The highest BCUT2D eigenvalue weighted by Gasteiger charge is 2.19. The van der Waals surface area contributed by atoms with Gasteiger partial charge in [0.1, 0.15) is 9.88 Å². The van der Waals surface area contributed by atoms with E-state index in [9.17, 15) is 9.90 Å². The fourth-order valence-corrected chi connectivity index (χ4v) is 3.97. The largest absolute Gasteiger partial charge is 0.477 e. The number of nitrogens with zero attached hydrogens (tertiary/aromatic N) is 1. The Kier molecular flexibility index (Phi) is 5.07. The molecule has 20 heavy (non-hydrogen) atoms. The molecule has 0 unspecified atom stereocenters. The maximum atomic E-state index is 11.2. The molecule has 6 heteroatoms. The molecule has 2 rings (SSSR count). The fourth-order valence-electron chi connectivity index (χ4n) is 1.69. The molecule has 0 fully saturated rings. The van der Waals surface area contributed by atoms with Crippen molar-refractivity contribution in [2.24, 2.45) is 0 Å². The van der Waals surface area contributed by atoms with Crippen molar-refractivity contribution in [2.75, 3.05) is 0 Å². The molecular formula is C14H14ClNO2S2. The number of thiazole rings is 1. The molecule has 0 spiro atoms. The van der Waals surface area contributed by atoms with Gasteiger partial charge in [-0.05, 0) is 18.1 Å². The lowest BCUT2D eigenvalue weighted by molar-refractivity contribution is 0.0700. The molecule has 0 aliphatic heterocycles. The third-order valence-electron chi connectivity index (χ3n) is 2.63. The van der Waals surface area contributed by atoms with Gasteiger partial charge in [-0.3, -0.25) is 0 Å². The predicted molar refractivity (Wildman–Crippen MR) is 84.2 cm³/mol. The van der Waals surface area contributed by atoms with E-state index in [0.29, 0.717) is 21.3 Å². The van der Waals surface area contributed by atoms with Crippen LogP contribution in [0.25, 0.3) is 0 Å². The van der Waals surface area contributed by atoms with Gasteiger partial charge in [0.2, 0.25) is 0 Å². The average Bonchev–Trinajstić information content (AvgIpc) is 2.82. The van der Waals surface area contributed by atoms with Crippen molar-refractivity contribution in [3.05, 3.63) is 44.9 Å². The lowest BCUT2D eigenvalue weighted by Crippen LogP contribution is -2.00. The molecule has 106 valence electrons. The van der Waals surface area contributed by atoms with Gasteiger partial charge in [-0.2, -0.15) is 0 Å². The van der Waals surface area contributed by atoms with Crippen LogP contribution in [-0.4, -0.2) is 16.1 Å². The molecule has 2 aromatic rings.